The van der Waals surface area contributed by atoms with Gasteiger partial charge in [0.05, 0.1) is 29.6 Å². The Labute approximate surface area is 329 Å². The molecule has 2 aliphatic heterocycles. The maximum atomic E-state index is 13.9. The summed E-state index contributed by atoms with van der Waals surface area (Å²) in [5, 5.41) is 85.2. The van der Waals surface area contributed by atoms with Crippen molar-refractivity contribution in [3.05, 3.63) is 11.6 Å². The molecule has 8 N–H and O–H groups in total. The maximum absolute atomic E-state index is 13.9. The third kappa shape index (κ3) is 5.85. The van der Waals surface area contributed by atoms with E-state index in [4.69, 9.17) is 18.9 Å². The molecule has 20 atom stereocenters. The van der Waals surface area contributed by atoms with E-state index in [0.717, 1.165) is 24.8 Å². The van der Waals surface area contributed by atoms with Crippen LogP contribution in [-0.4, -0.2) is 127 Å². The van der Waals surface area contributed by atoms with Crippen molar-refractivity contribution >= 4 is 11.9 Å². The van der Waals surface area contributed by atoms with Crippen LogP contribution in [-0.2, 0) is 28.5 Å². The third-order valence-corrected chi connectivity index (χ3v) is 17.4. The molecule has 2 heterocycles. The summed E-state index contributed by atoms with van der Waals surface area (Å²) in [4.78, 5) is 27.0. The number of aliphatic carboxylic acids is 2. The number of carbonyl (C=O) groups is 2. The van der Waals surface area contributed by atoms with Crippen LogP contribution in [0, 0.1) is 56.7 Å². The van der Waals surface area contributed by atoms with E-state index in [1.54, 1.807) is 6.92 Å². The van der Waals surface area contributed by atoms with Crippen LogP contribution in [0.4, 0.5) is 0 Å². The van der Waals surface area contributed by atoms with Gasteiger partial charge in [0.1, 0.15) is 42.7 Å². The third-order valence-electron chi connectivity index (χ3n) is 17.4. The summed E-state index contributed by atoms with van der Waals surface area (Å²) in [5.41, 5.74) is -2.55. The molecule has 318 valence electrons. The van der Waals surface area contributed by atoms with Crippen molar-refractivity contribution < 1.29 is 69.4 Å². The van der Waals surface area contributed by atoms with Crippen LogP contribution < -0.4 is 0 Å². The molecule has 0 bridgehead atoms. The van der Waals surface area contributed by atoms with Gasteiger partial charge in [0.15, 0.2) is 12.6 Å². The lowest BCUT2D eigenvalue weighted by molar-refractivity contribution is -0.364. The minimum atomic E-state index is -1.69. The molecular formula is C42H66O14. The monoisotopic (exact) mass is 794 g/mol. The highest BCUT2D eigenvalue weighted by molar-refractivity contribution is 5.84. The molecule has 0 radical (unpaired) electrons. The van der Waals surface area contributed by atoms with Crippen molar-refractivity contribution in [3.8, 4) is 0 Å². The number of ether oxygens (including phenoxy) is 4. The average Bonchev–Trinajstić information content (AvgIpc) is 3.14. The lowest BCUT2D eigenvalue weighted by Gasteiger charge is -2.70. The van der Waals surface area contributed by atoms with Crippen LogP contribution in [0.2, 0.25) is 0 Å². The van der Waals surface area contributed by atoms with Gasteiger partial charge in [-0.1, -0.05) is 53.2 Å². The molecule has 56 heavy (non-hydrogen) atoms. The number of fused-ring (bicyclic) bond motifs is 7. The van der Waals surface area contributed by atoms with Gasteiger partial charge >= 0.3 is 11.9 Å². The molecule has 4 saturated carbocycles. The lowest BCUT2D eigenvalue weighted by atomic mass is 9.33. The van der Waals surface area contributed by atoms with Gasteiger partial charge in [0, 0.05) is 0 Å². The van der Waals surface area contributed by atoms with Crippen LogP contribution in [0.3, 0.4) is 0 Å². The van der Waals surface area contributed by atoms with Crippen LogP contribution in [0.5, 0.6) is 0 Å². The molecule has 0 aromatic rings. The first-order valence-electron chi connectivity index (χ1n) is 20.9. The second kappa shape index (κ2) is 14.5. The number of aliphatic hydroxyl groups excluding tert-OH is 6. The van der Waals surface area contributed by atoms with Crippen molar-refractivity contribution in [2.75, 3.05) is 6.61 Å². The van der Waals surface area contributed by atoms with E-state index in [-0.39, 0.29) is 35.2 Å². The Morgan fingerprint density at radius 1 is 0.750 bits per heavy atom. The Morgan fingerprint density at radius 3 is 2.05 bits per heavy atom. The van der Waals surface area contributed by atoms with Crippen molar-refractivity contribution in [2.24, 2.45) is 56.7 Å². The molecule has 7 aliphatic rings. The van der Waals surface area contributed by atoms with E-state index in [9.17, 15) is 50.4 Å². The van der Waals surface area contributed by atoms with Crippen molar-refractivity contribution in [3.63, 3.8) is 0 Å². The maximum Gasteiger partial charge on any atom is 0.314 e. The zero-order chi connectivity index (χ0) is 41.1. The van der Waals surface area contributed by atoms with E-state index in [1.165, 1.54) is 0 Å². The molecule has 5 aliphatic carbocycles. The van der Waals surface area contributed by atoms with Gasteiger partial charge in [-0.05, 0) is 111 Å². The largest absolute Gasteiger partial charge is 0.481 e. The predicted octanol–water partition coefficient (Wildman–Crippen LogP) is 2.83. The van der Waals surface area contributed by atoms with E-state index in [0.29, 0.717) is 44.4 Å². The Morgan fingerprint density at radius 2 is 1.41 bits per heavy atom. The Balaban J connectivity index is 1.11. The second-order valence-electron chi connectivity index (χ2n) is 20.0. The molecule has 14 heteroatoms. The van der Waals surface area contributed by atoms with Crippen LogP contribution in [0.1, 0.15) is 106 Å². The topological polar surface area (TPSA) is 233 Å². The number of rotatable bonds is 7. The fraction of sp³-hybridized carbons (Fsp3) is 0.905. The molecular weight excluding hydrogens is 728 g/mol. The fourth-order valence-electron chi connectivity index (χ4n) is 14.0. The zero-order valence-corrected chi connectivity index (χ0v) is 33.9. The highest BCUT2D eigenvalue weighted by Gasteiger charge is 2.73. The Kier molecular flexibility index (Phi) is 11.0. The van der Waals surface area contributed by atoms with Gasteiger partial charge in [0.25, 0.3) is 0 Å². The minimum Gasteiger partial charge on any atom is -0.481 e. The van der Waals surface area contributed by atoms with Gasteiger partial charge in [-0.25, -0.2) is 0 Å². The summed E-state index contributed by atoms with van der Waals surface area (Å²) in [6.07, 6.45) is -6.76. The van der Waals surface area contributed by atoms with E-state index >= 15 is 0 Å². The molecule has 6 fully saturated rings. The second-order valence-corrected chi connectivity index (χ2v) is 20.0. The average molecular weight is 795 g/mol. The van der Waals surface area contributed by atoms with Crippen LogP contribution in [0.25, 0.3) is 0 Å². The van der Waals surface area contributed by atoms with Gasteiger partial charge < -0.3 is 59.8 Å². The van der Waals surface area contributed by atoms with E-state index in [2.05, 4.69) is 47.6 Å². The number of aliphatic hydroxyl groups is 6. The van der Waals surface area contributed by atoms with Crippen molar-refractivity contribution in [2.45, 2.75) is 174 Å². The summed E-state index contributed by atoms with van der Waals surface area (Å²) in [5.74, 6) is -1.45. The van der Waals surface area contributed by atoms with E-state index in [1.807, 2.05) is 0 Å². The Bertz CT molecular complexity index is 1550. The Hall–Kier alpha value is -1.72. The van der Waals surface area contributed by atoms with Gasteiger partial charge in [-0.3, -0.25) is 9.59 Å². The first-order chi connectivity index (χ1) is 26.1. The molecule has 2 saturated heterocycles. The van der Waals surface area contributed by atoms with Gasteiger partial charge in [-0.15, -0.1) is 0 Å². The van der Waals surface area contributed by atoms with Crippen molar-refractivity contribution in [1.29, 1.82) is 0 Å². The predicted molar refractivity (Wildman–Crippen MR) is 198 cm³/mol. The van der Waals surface area contributed by atoms with Gasteiger partial charge in [-0.2, -0.15) is 0 Å². The number of hydrogen-bond acceptors (Lipinski definition) is 12. The highest BCUT2D eigenvalue weighted by atomic mass is 16.7. The van der Waals surface area contributed by atoms with Crippen LogP contribution >= 0.6 is 0 Å². The highest BCUT2D eigenvalue weighted by Crippen LogP contribution is 2.76. The molecule has 7 rings (SSSR count). The van der Waals surface area contributed by atoms with Gasteiger partial charge in [0.2, 0.25) is 0 Å². The number of allylic oxidation sites excluding steroid dienone is 1. The van der Waals surface area contributed by atoms with E-state index < -0.39 is 102 Å². The molecule has 0 spiro atoms. The fourth-order valence-corrected chi connectivity index (χ4v) is 14.0. The molecule has 0 amide bonds. The quantitative estimate of drug-likeness (QED) is 0.137. The SMILES string of the molecule is CC1CCC2(C(=O)O)CCC3(C(=O)O)C(=CCC4C5(C)CCC(OC6OC(C)C(O[C@@H]7O[C@H](CO)[C@@H](O)[C@H](O)[C@H]7O)C(O)C6O)C(C)(C)C5CCC43C)C2C1C. The number of hydrogen-bond donors (Lipinski definition) is 8. The molecule has 0 aromatic heterocycles. The van der Waals surface area contributed by atoms with Crippen molar-refractivity contribution in [1.82, 2.24) is 0 Å². The molecule has 15 unspecified atom stereocenters. The summed E-state index contributed by atoms with van der Waals surface area (Å²) in [6.45, 7) is 14.1. The zero-order valence-electron chi connectivity index (χ0n) is 33.9. The van der Waals surface area contributed by atoms with Crippen LogP contribution in [0.15, 0.2) is 11.6 Å². The standard InChI is InChI=1S/C42H66O14/c1-19-10-15-41(36(49)50)16-17-42(37(51)52)22(27(41)20(19)2)8-9-25-39(6)13-12-26(38(4,5)24(39)11-14-40(25,42)7)55-34-32(48)30(46)33(21(3)53-34)56-35-31(47)29(45)28(44)23(18-43)54-35/h8,19-21,23-35,43-48H,9-18H2,1-7H3,(H,49,50)(H,51,52)/t19?,20?,21?,23-,24?,25?,26?,27?,28-,29+,30?,31-,32?,33?,34?,35+,39?,40?,41?,42?/m1/s1. The number of carboxylic acid groups (broad SMARTS) is 2. The molecule has 0 aromatic carbocycles. The smallest absolute Gasteiger partial charge is 0.314 e. The normalized spacial score (nSPS) is 54.1. The minimum absolute atomic E-state index is 0.0289. The summed E-state index contributed by atoms with van der Waals surface area (Å²) in [6, 6.07) is 0. The summed E-state index contributed by atoms with van der Waals surface area (Å²) in [7, 11) is 0. The number of carboxylic acids is 2. The summed E-state index contributed by atoms with van der Waals surface area (Å²) < 4.78 is 24.0. The summed E-state index contributed by atoms with van der Waals surface area (Å²) >= 11 is 0. The first kappa shape index (κ1) is 42.4. The molecule has 14 nitrogen and oxygen atoms in total. The first-order valence-corrected chi connectivity index (χ1v) is 20.9. The lowest BCUT2D eigenvalue weighted by Crippen LogP contribution is -2.68.